The normalized spacial score (nSPS) is 10.6. The highest BCUT2D eigenvalue weighted by atomic mass is 16.5. The number of hydrogen-bond donors (Lipinski definition) is 2. The molecule has 1 heterocycles. The van der Waals surface area contributed by atoms with Crippen LogP contribution in [0.3, 0.4) is 0 Å². The molecular formula is C12H20N4O2. The van der Waals surface area contributed by atoms with Crippen molar-refractivity contribution in [1.82, 2.24) is 15.3 Å². The zero-order valence-corrected chi connectivity index (χ0v) is 10.8. The number of anilines is 1. The van der Waals surface area contributed by atoms with E-state index in [1.165, 1.54) is 12.4 Å². The predicted molar refractivity (Wildman–Crippen MR) is 69.1 cm³/mol. The summed E-state index contributed by atoms with van der Waals surface area (Å²) in [6, 6.07) is 0. The van der Waals surface area contributed by atoms with Gasteiger partial charge in [0, 0.05) is 13.2 Å². The van der Waals surface area contributed by atoms with Crippen molar-refractivity contribution in [3.05, 3.63) is 18.1 Å². The number of carbonyl (C=O) groups is 1. The van der Waals surface area contributed by atoms with Crippen LogP contribution in [0.1, 0.15) is 37.2 Å². The predicted octanol–water partition coefficient (Wildman–Crippen LogP) is 0.994. The lowest BCUT2D eigenvalue weighted by Gasteiger charge is -2.07. The number of ether oxygens (including phenoxy) is 1. The first kappa shape index (κ1) is 14.4. The van der Waals surface area contributed by atoms with Gasteiger partial charge in [-0.15, -0.1) is 0 Å². The van der Waals surface area contributed by atoms with Gasteiger partial charge >= 0.3 is 0 Å². The van der Waals surface area contributed by atoms with Gasteiger partial charge in [-0.1, -0.05) is 0 Å². The van der Waals surface area contributed by atoms with Crippen LogP contribution in [0.4, 0.5) is 5.82 Å². The van der Waals surface area contributed by atoms with Crippen LogP contribution >= 0.6 is 0 Å². The van der Waals surface area contributed by atoms with Gasteiger partial charge in [-0.25, -0.2) is 4.98 Å². The molecule has 0 spiro atoms. The topological polar surface area (TPSA) is 90.1 Å². The van der Waals surface area contributed by atoms with E-state index in [-0.39, 0.29) is 23.5 Å². The quantitative estimate of drug-likeness (QED) is 0.706. The molecule has 0 atom stereocenters. The van der Waals surface area contributed by atoms with Gasteiger partial charge in [0.25, 0.3) is 5.91 Å². The second kappa shape index (κ2) is 7.60. The monoisotopic (exact) mass is 252 g/mol. The summed E-state index contributed by atoms with van der Waals surface area (Å²) in [5.41, 5.74) is 5.69. The van der Waals surface area contributed by atoms with E-state index < -0.39 is 0 Å². The Balaban J connectivity index is 2.18. The summed E-state index contributed by atoms with van der Waals surface area (Å²) < 4.78 is 5.40. The number of nitrogens with zero attached hydrogens (tertiary/aromatic N) is 2. The highest BCUT2D eigenvalue weighted by Gasteiger charge is 2.06. The van der Waals surface area contributed by atoms with Gasteiger partial charge in [0.15, 0.2) is 0 Å². The largest absolute Gasteiger partial charge is 0.382 e. The van der Waals surface area contributed by atoms with Crippen LogP contribution in [0.5, 0.6) is 0 Å². The van der Waals surface area contributed by atoms with Crippen LogP contribution in [-0.2, 0) is 4.74 Å². The molecule has 3 N–H and O–H groups in total. The van der Waals surface area contributed by atoms with Crippen molar-refractivity contribution in [1.29, 1.82) is 0 Å². The molecule has 6 heteroatoms. The number of hydrogen-bond acceptors (Lipinski definition) is 5. The molecule has 0 saturated carbocycles. The molecule has 0 unspecified atom stereocenters. The van der Waals surface area contributed by atoms with Gasteiger partial charge < -0.3 is 15.8 Å². The summed E-state index contributed by atoms with van der Waals surface area (Å²) in [7, 11) is 0. The fourth-order valence-corrected chi connectivity index (χ4v) is 1.33. The van der Waals surface area contributed by atoms with E-state index in [1.807, 2.05) is 13.8 Å². The Bertz CT molecular complexity index is 382. The molecule has 0 aliphatic carbocycles. The number of nitrogens with one attached hydrogen (secondary N) is 1. The molecule has 0 saturated heterocycles. The third-order valence-electron chi connectivity index (χ3n) is 2.19. The fourth-order valence-electron chi connectivity index (χ4n) is 1.33. The SMILES string of the molecule is CC(C)OCCCCNC(=O)c1cncc(N)n1. The summed E-state index contributed by atoms with van der Waals surface area (Å²) in [4.78, 5) is 19.3. The first-order valence-corrected chi connectivity index (χ1v) is 6.07. The van der Waals surface area contributed by atoms with E-state index in [1.54, 1.807) is 0 Å². The van der Waals surface area contributed by atoms with Crippen LogP contribution in [0.15, 0.2) is 12.4 Å². The number of amides is 1. The first-order chi connectivity index (χ1) is 8.59. The van der Waals surface area contributed by atoms with Crippen molar-refractivity contribution in [3.63, 3.8) is 0 Å². The molecule has 1 aromatic heterocycles. The molecule has 100 valence electrons. The van der Waals surface area contributed by atoms with Crippen molar-refractivity contribution in [2.75, 3.05) is 18.9 Å². The summed E-state index contributed by atoms with van der Waals surface area (Å²) >= 11 is 0. The maximum absolute atomic E-state index is 11.6. The van der Waals surface area contributed by atoms with Gasteiger partial charge in [-0.05, 0) is 26.7 Å². The molecule has 1 rings (SSSR count). The van der Waals surface area contributed by atoms with Crippen LogP contribution < -0.4 is 11.1 Å². The van der Waals surface area contributed by atoms with Crippen LogP contribution in [0.25, 0.3) is 0 Å². The highest BCUT2D eigenvalue weighted by Crippen LogP contribution is 1.98. The fraction of sp³-hybridized carbons (Fsp3) is 0.583. The Morgan fingerprint density at radius 2 is 2.22 bits per heavy atom. The molecular weight excluding hydrogens is 232 g/mol. The molecule has 0 radical (unpaired) electrons. The van der Waals surface area contributed by atoms with Crippen LogP contribution in [0.2, 0.25) is 0 Å². The third kappa shape index (κ3) is 5.58. The molecule has 1 amide bonds. The van der Waals surface area contributed by atoms with E-state index in [0.29, 0.717) is 13.2 Å². The van der Waals surface area contributed by atoms with Gasteiger partial charge in [0.05, 0.1) is 18.5 Å². The number of nitrogens with two attached hydrogens (primary N) is 1. The third-order valence-corrected chi connectivity index (χ3v) is 2.19. The number of nitrogen functional groups attached to an aromatic ring is 1. The first-order valence-electron chi connectivity index (χ1n) is 6.07. The Morgan fingerprint density at radius 1 is 1.44 bits per heavy atom. The molecule has 0 aliphatic rings. The lowest BCUT2D eigenvalue weighted by molar-refractivity contribution is 0.0754. The Morgan fingerprint density at radius 3 is 2.89 bits per heavy atom. The smallest absolute Gasteiger partial charge is 0.271 e. The van der Waals surface area contributed by atoms with E-state index >= 15 is 0 Å². The molecule has 1 aromatic rings. The lowest BCUT2D eigenvalue weighted by Crippen LogP contribution is -2.26. The van der Waals surface area contributed by atoms with Gasteiger partial charge in [-0.3, -0.25) is 9.78 Å². The average molecular weight is 252 g/mol. The van der Waals surface area contributed by atoms with Gasteiger partial charge in [-0.2, -0.15) is 0 Å². The maximum Gasteiger partial charge on any atom is 0.271 e. The number of aromatic nitrogens is 2. The summed E-state index contributed by atoms with van der Waals surface area (Å²) in [6.07, 6.45) is 4.84. The lowest BCUT2D eigenvalue weighted by atomic mass is 10.3. The molecule has 18 heavy (non-hydrogen) atoms. The van der Waals surface area contributed by atoms with Crippen molar-refractivity contribution in [3.8, 4) is 0 Å². The minimum atomic E-state index is -0.250. The maximum atomic E-state index is 11.6. The second-order valence-electron chi connectivity index (χ2n) is 4.21. The summed E-state index contributed by atoms with van der Waals surface area (Å²) in [6.45, 7) is 5.31. The molecule has 0 bridgehead atoms. The number of rotatable bonds is 7. The molecule has 0 fully saturated rings. The van der Waals surface area contributed by atoms with Crippen molar-refractivity contribution >= 4 is 11.7 Å². The van der Waals surface area contributed by atoms with E-state index in [0.717, 1.165) is 12.8 Å². The Labute approximate surface area is 107 Å². The van der Waals surface area contributed by atoms with Crippen LogP contribution in [-0.4, -0.2) is 35.1 Å². The standard InChI is InChI=1S/C12H20N4O2/c1-9(2)18-6-4-3-5-15-12(17)10-7-14-8-11(13)16-10/h7-9H,3-6H2,1-2H3,(H2,13,16)(H,15,17). The zero-order valence-electron chi connectivity index (χ0n) is 10.8. The Hall–Kier alpha value is -1.69. The van der Waals surface area contributed by atoms with E-state index in [4.69, 9.17) is 10.5 Å². The highest BCUT2D eigenvalue weighted by molar-refractivity contribution is 5.92. The van der Waals surface area contributed by atoms with Crippen molar-refractivity contribution < 1.29 is 9.53 Å². The second-order valence-corrected chi connectivity index (χ2v) is 4.21. The van der Waals surface area contributed by atoms with E-state index in [2.05, 4.69) is 15.3 Å². The summed E-state index contributed by atoms with van der Waals surface area (Å²) in [5, 5.41) is 2.76. The van der Waals surface area contributed by atoms with Gasteiger partial charge in [0.2, 0.25) is 0 Å². The van der Waals surface area contributed by atoms with Gasteiger partial charge in [0.1, 0.15) is 11.5 Å². The Kier molecular flexibility index (Phi) is 6.07. The van der Waals surface area contributed by atoms with Crippen molar-refractivity contribution in [2.45, 2.75) is 32.8 Å². The van der Waals surface area contributed by atoms with Crippen LogP contribution in [0, 0.1) is 0 Å². The minimum absolute atomic E-state index is 0.244. The van der Waals surface area contributed by atoms with E-state index in [9.17, 15) is 4.79 Å². The molecule has 6 nitrogen and oxygen atoms in total. The number of carbonyl (C=O) groups excluding carboxylic acids is 1. The number of unbranched alkanes of at least 4 members (excludes halogenated alkanes) is 1. The van der Waals surface area contributed by atoms with Crippen molar-refractivity contribution in [2.24, 2.45) is 0 Å². The molecule has 0 aliphatic heterocycles. The average Bonchev–Trinajstić information content (AvgIpc) is 2.33. The summed E-state index contributed by atoms with van der Waals surface area (Å²) in [5.74, 6) is -0.00689. The zero-order chi connectivity index (χ0) is 13.4. The minimum Gasteiger partial charge on any atom is -0.382 e. The molecule has 0 aromatic carbocycles.